The van der Waals surface area contributed by atoms with Crippen LogP contribution in [0.5, 0.6) is 5.75 Å². The number of aliphatic imine (C=N–C) groups is 1. The van der Waals surface area contributed by atoms with E-state index in [2.05, 4.69) is 16.4 Å². The summed E-state index contributed by atoms with van der Waals surface area (Å²) >= 11 is 0. The predicted octanol–water partition coefficient (Wildman–Crippen LogP) is 2.45. The highest BCUT2D eigenvalue weighted by molar-refractivity contribution is 5.89. The number of anilines is 1. The number of fused-ring (bicyclic) bond motifs is 1. The zero-order valence-electron chi connectivity index (χ0n) is 13.4. The van der Waals surface area contributed by atoms with Crippen molar-refractivity contribution in [3.63, 3.8) is 0 Å². The van der Waals surface area contributed by atoms with E-state index in [0.717, 1.165) is 30.0 Å². The molecule has 0 saturated carbocycles. The van der Waals surface area contributed by atoms with E-state index >= 15 is 0 Å². The molecule has 0 fully saturated rings. The number of ether oxygens (including phenoxy) is 2. The van der Waals surface area contributed by atoms with Gasteiger partial charge in [-0.05, 0) is 30.7 Å². The first-order chi connectivity index (χ1) is 11.2. The molecule has 0 spiro atoms. The van der Waals surface area contributed by atoms with Gasteiger partial charge in [-0.15, -0.1) is 0 Å². The van der Waals surface area contributed by atoms with Crippen molar-refractivity contribution in [3.05, 3.63) is 29.8 Å². The second-order valence-corrected chi connectivity index (χ2v) is 5.45. The number of hydrogen-bond acceptors (Lipinski definition) is 5. The topological polar surface area (TPSA) is 63.2 Å². The zero-order chi connectivity index (χ0) is 16.2. The Morgan fingerprint density at radius 2 is 2.43 bits per heavy atom. The van der Waals surface area contributed by atoms with E-state index in [1.807, 2.05) is 25.1 Å². The lowest BCUT2D eigenvalue weighted by atomic mass is 9.97. The normalized spacial score (nSPS) is 20.6. The van der Waals surface area contributed by atoms with Crippen LogP contribution in [0, 0.1) is 0 Å². The molecule has 2 aliphatic heterocycles. The Hall–Kier alpha value is -2.50. The van der Waals surface area contributed by atoms with Crippen molar-refractivity contribution < 1.29 is 14.3 Å². The Kier molecular flexibility index (Phi) is 4.50. The summed E-state index contributed by atoms with van der Waals surface area (Å²) in [7, 11) is 1.39. The molecule has 1 aromatic rings. The van der Waals surface area contributed by atoms with E-state index in [-0.39, 0.29) is 12.1 Å². The van der Waals surface area contributed by atoms with E-state index in [1.54, 1.807) is 11.2 Å². The number of nitrogens with zero attached hydrogens (tertiary/aromatic N) is 2. The van der Waals surface area contributed by atoms with Crippen LogP contribution >= 0.6 is 0 Å². The molecule has 23 heavy (non-hydrogen) atoms. The molecule has 1 unspecified atom stereocenters. The highest BCUT2D eigenvalue weighted by Crippen LogP contribution is 2.36. The van der Waals surface area contributed by atoms with Gasteiger partial charge < -0.3 is 14.8 Å². The van der Waals surface area contributed by atoms with Crippen LogP contribution in [0.2, 0.25) is 0 Å². The number of hydrogen-bond donors (Lipinski definition) is 1. The second-order valence-electron chi connectivity index (χ2n) is 5.45. The predicted molar refractivity (Wildman–Crippen MR) is 90.2 cm³/mol. The van der Waals surface area contributed by atoms with Crippen LogP contribution in [-0.2, 0) is 4.74 Å². The fourth-order valence-electron chi connectivity index (χ4n) is 2.88. The summed E-state index contributed by atoms with van der Waals surface area (Å²) in [5, 5.41) is 3.22. The molecular weight excluding hydrogens is 294 g/mol. The van der Waals surface area contributed by atoms with Gasteiger partial charge in [-0.3, -0.25) is 9.89 Å². The molecule has 2 aliphatic rings. The number of carbonyl (C=O) groups excluding carboxylic acids is 1. The molecule has 6 heteroatoms. The lowest BCUT2D eigenvalue weighted by Gasteiger charge is -2.25. The molecule has 0 bridgehead atoms. The standard InChI is InChI=1S/C17H21N3O3/c1-3-20(17(21)22-2)14-4-5-16-15(9-14)12(6-7-23-16)8-13-10-18-11-19-13/h4-5,8-9,11,13H,3,6-7,10H2,1-2H3,(H,18,19)/b12-8+. The van der Waals surface area contributed by atoms with Crippen molar-refractivity contribution in [2.75, 3.05) is 31.7 Å². The molecule has 0 aromatic heterocycles. The first-order valence-electron chi connectivity index (χ1n) is 7.80. The molecule has 1 amide bonds. The number of carbonyl (C=O) groups is 1. The van der Waals surface area contributed by atoms with Gasteiger partial charge in [-0.25, -0.2) is 4.79 Å². The summed E-state index contributed by atoms with van der Waals surface area (Å²) in [4.78, 5) is 17.7. The molecule has 1 N–H and O–H groups in total. The van der Waals surface area contributed by atoms with E-state index in [0.29, 0.717) is 13.2 Å². The highest BCUT2D eigenvalue weighted by atomic mass is 16.5. The molecular formula is C17H21N3O3. The molecule has 3 rings (SSSR count). The molecule has 0 aliphatic carbocycles. The average molecular weight is 315 g/mol. The van der Waals surface area contributed by atoms with E-state index < -0.39 is 0 Å². The van der Waals surface area contributed by atoms with Gasteiger partial charge in [-0.1, -0.05) is 6.08 Å². The smallest absolute Gasteiger partial charge is 0.413 e. The Bertz CT molecular complexity index is 646. The van der Waals surface area contributed by atoms with Crippen molar-refractivity contribution in [3.8, 4) is 5.75 Å². The SMILES string of the molecule is CCN(C(=O)OC)c1ccc2c(c1)/C(=C/C1CN=CN1)CCO2. The lowest BCUT2D eigenvalue weighted by Crippen LogP contribution is -2.30. The van der Waals surface area contributed by atoms with Gasteiger partial charge in [0, 0.05) is 24.2 Å². The molecule has 1 aromatic carbocycles. The summed E-state index contributed by atoms with van der Waals surface area (Å²) in [6.45, 7) is 3.88. The lowest BCUT2D eigenvalue weighted by molar-refractivity contribution is 0.179. The van der Waals surface area contributed by atoms with Crippen molar-refractivity contribution in [1.82, 2.24) is 5.32 Å². The maximum Gasteiger partial charge on any atom is 0.413 e. The number of methoxy groups -OCH3 is 1. The molecule has 2 heterocycles. The molecule has 0 radical (unpaired) electrons. The number of nitrogens with one attached hydrogen (secondary N) is 1. The van der Waals surface area contributed by atoms with Crippen molar-refractivity contribution >= 4 is 23.7 Å². The summed E-state index contributed by atoms with van der Waals surface area (Å²) in [6.07, 6.45) is 4.43. The monoisotopic (exact) mass is 315 g/mol. The van der Waals surface area contributed by atoms with Crippen LogP contribution in [0.15, 0.2) is 29.3 Å². The number of benzene rings is 1. The average Bonchev–Trinajstić information content (AvgIpc) is 3.09. The van der Waals surface area contributed by atoms with Crippen molar-refractivity contribution in [2.24, 2.45) is 4.99 Å². The molecule has 1 atom stereocenters. The first kappa shape index (κ1) is 15.4. The second kappa shape index (κ2) is 6.73. The van der Waals surface area contributed by atoms with Crippen LogP contribution in [-0.4, -0.2) is 45.3 Å². The van der Waals surface area contributed by atoms with Crippen LogP contribution in [0.4, 0.5) is 10.5 Å². The minimum absolute atomic E-state index is 0.225. The van der Waals surface area contributed by atoms with E-state index in [4.69, 9.17) is 9.47 Å². The Morgan fingerprint density at radius 1 is 1.57 bits per heavy atom. The third-order valence-electron chi connectivity index (χ3n) is 4.05. The maximum absolute atomic E-state index is 11.9. The molecule has 122 valence electrons. The first-order valence-corrected chi connectivity index (χ1v) is 7.80. The Balaban J connectivity index is 1.94. The Morgan fingerprint density at radius 3 is 3.13 bits per heavy atom. The van der Waals surface area contributed by atoms with Gasteiger partial charge in [0.2, 0.25) is 0 Å². The summed E-state index contributed by atoms with van der Waals surface area (Å²) < 4.78 is 10.6. The third kappa shape index (κ3) is 3.16. The molecule has 0 saturated heterocycles. The van der Waals surface area contributed by atoms with Gasteiger partial charge in [0.25, 0.3) is 0 Å². The van der Waals surface area contributed by atoms with Crippen LogP contribution in [0.1, 0.15) is 18.9 Å². The van der Waals surface area contributed by atoms with Crippen LogP contribution in [0.3, 0.4) is 0 Å². The minimum Gasteiger partial charge on any atom is -0.493 e. The minimum atomic E-state index is -0.361. The quantitative estimate of drug-likeness (QED) is 0.930. The Labute approximate surface area is 135 Å². The van der Waals surface area contributed by atoms with Crippen LogP contribution < -0.4 is 15.0 Å². The van der Waals surface area contributed by atoms with Gasteiger partial charge in [-0.2, -0.15) is 0 Å². The third-order valence-corrected chi connectivity index (χ3v) is 4.05. The van der Waals surface area contributed by atoms with Crippen molar-refractivity contribution in [2.45, 2.75) is 19.4 Å². The summed E-state index contributed by atoms with van der Waals surface area (Å²) in [5.41, 5.74) is 3.06. The van der Waals surface area contributed by atoms with E-state index in [9.17, 15) is 4.79 Å². The van der Waals surface area contributed by atoms with Gasteiger partial charge >= 0.3 is 6.09 Å². The molecule has 6 nitrogen and oxygen atoms in total. The highest BCUT2D eigenvalue weighted by Gasteiger charge is 2.21. The fraction of sp³-hybridized carbons (Fsp3) is 0.412. The number of amides is 1. The zero-order valence-corrected chi connectivity index (χ0v) is 13.4. The van der Waals surface area contributed by atoms with Gasteiger partial charge in [0.1, 0.15) is 5.75 Å². The maximum atomic E-state index is 11.9. The number of rotatable bonds is 3. The van der Waals surface area contributed by atoms with Gasteiger partial charge in [0.05, 0.1) is 32.6 Å². The van der Waals surface area contributed by atoms with Crippen molar-refractivity contribution in [1.29, 1.82) is 0 Å². The fourth-order valence-corrected chi connectivity index (χ4v) is 2.88. The van der Waals surface area contributed by atoms with E-state index in [1.165, 1.54) is 12.7 Å². The summed E-state index contributed by atoms with van der Waals surface area (Å²) in [6, 6.07) is 6.03. The van der Waals surface area contributed by atoms with Gasteiger partial charge in [0.15, 0.2) is 0 Å². The summed E-state index contributed by atoms with van der Waals surface area (Å²) in [5.74, 6) is 0.853. The van der Waals surface area contributed by atoms with Crippen LogP contribution in [0.25, 0.3) is 5.57 Å². The largest absolute Gasteiger partial charge is 0.493 e.